The van der Waals surface area contributed by atoms with Crippen LogP contribution >= 0.6 is 11.3 Å². The van der Waals surface area contributed by atoms with E-state index in [0.29, 0.717) is 0 Å². The molecule has 1 aromatic carbocycles. The van der Waals surface area contributed by atoms with Gasteiger partial charge in [-0.15, -0.1) is 11.3 Å². The number of hydrogen-bond acceptors (Lipinski definition) is 11. The van der Waals surface area contributed by atoms with Gasteiger partial charge in [0.15, 0.2) is 16.9 Å². The molecule has 1 aliphatic heterocycles. The highest BCUT2D eigenvalue weighted by atomic mass is 32.2. The Morgan fingerprint density at radius 1 is 1.34 bits per heavy atom. The number of rotatable bonds is 8. The fourth-order valence-electron chi connectivity index (χ4n) is 2.77. The van der Waals surface area contributed by atoms with Gasteiger partial charge in [0.05, 0.1) is 7.11 Å². The minimum atomic E-state index is -5.05. The maximum Gasteiger partial charge on any atom is 0.363 e. The van der Waals surface area contributed by atoms with Gasteiger partial charge in [-0.05, 0) is 5.56 Å². The number of carbonyl (C=O) groups is 3. The zero-order chi connectivity index (χ0) is 23.5. The highest BCUT2D eigenvalue weighted by Gasteiger charge is 2.58. The lowest BCUT2D eigenvalue weighted by Crippen LogP contribution is -2.74. The van der Waals surface area contributed by atoms with Crippen molar-refractivity contribution in [3.63, 3.8) is 0 Å². The fourth-order valence-corrected chi connectivity index (χ4v) is 4.15. The van der Waals surface area contributed by atoms with E-state index in [2.05, 4.69) is 20.2 Å². The molecule has 0 aliphatic carbocycles. The third kappa shape index (κ3) is 4.84. The molecule has 15 heteroatoms. The van der Waals surface area contributed by atoms with Crippen LogP contribution in [0.5, 0.6) is 0 Å². The summed E-state index contributed by atoms with van der Waals surface area (Å²) in [4.78, 5) is 46.1. The molecular weight excluding hydrogens is 466 g/mol. The first-order valence-corrected chi connectivity index (χ1v) is 11.1. The number of nitrogen functional groups attached to an aromatic ring is 1. The molecule has 32 heavy (non-hydrogen) atoms. The monoisotopic (exact) mass is 483 g/mol. The Kier molecular flexibility index (Phi) is 6.71. The van der Waals surface area contributed by atoms with Gasteiger partial charge in [-0.2, -0.15) is 12.7 Å². The largest absolute Gasteiger partial charge is 0.467 e. The maximum atomic E-state index is 12.8. The summed E-state index contributed by atoms with van der Waals surface area (Å²) in [7, 11) is -4.10. The Labute approximate surface area is 185 Å². The zero-order valence-electron chi connectivity index (χ0n) is 16.4. The van der Waals surface area contributed by atoms with Crippen molar-refractivity contribution in [2.24, 2.45) is 5.16 Å². The molecule has 1 aromatic heterocycles. The van der Waals surface area contributed by atoms with Crippen molar-refractivity contribution in [3.05, 3.63) is 47.0 Å². The summed E-state index contributed by atoms with van der Waals surface area (Å²) >= 11 is 1.02. The first kappa shape index (κ1) is 23.1. The van der Waals surface area contributed by atoms with Crippen LogP contribution in [0.4, 0.5) is 5.13 Å². The predicted octanol–water partition coefficient (Wildman–Crippen LogP) is -0.682. The molecule has 13 nitrogen and oxygen atoms in total. The Morgan fingerprint density at radius 3 is 2.59 bits per heavy atom. The molecule has 1 saturated heterocycles. The standard InChI is InChI=1S/C17H17N5O8S2/c1-29-16(25)13-12(15(24)22(13)32(26,27)28)20-14(23)11(10-8-31-17(18)19-10)21-30-7-9-5-3-2-4-6-9/h2-6,8,12-13H,7H2,1H3,(H2,18,19)(H,20,23)(H,26,27,28)/b21-11-/t12-,13-/m1/s1. The van der Waals surface area contributed by atoms with Crippen molar-refractivity contribution in [1.82, 2.24) is 14.6 Å². The second-order valence-corrected chi connectivity index (χ2v) is 8.48. The lowest BCUT2D eigenvalue weighted by molar-refractivity contribution is -0.162. The number of oxime groups is 1. The van der Waals surface area contributed by atoms with Crippen molar-refractivity contribution in [2.75, 3.05) is 12.8 Å². The molecule has 2 amide bonds. The van der Waals surface area contributed by atoms with Crippen LogP contribution in [0.2, 0.25) is 0 Å². The Balaban J connectivity index is 1.82. The van der Waals surface area contributed by atoms with Gasteiger partial charge in [-0.25, -0.2) is 9.78 Å². The maximum absolute atomic E-state index is 12.8. The average Bonchev–Trinajstić information content (AvgIpc) is 3.17. The first-order chi connectivity index (χ1) is 15.1. The second-order valence-electron chi connectivity index (χ2n) is 6.30. The van der Waals surface area contributed by atoms with Crippen LogP contribution in [0, 0.1) is 0 Å². The number of β-lactam (4-membered cyclic amide) rings is 1. The second kappa shape index (κ2) is 9.29. The molecule has 0 saturated carbocycles. The highest BCUT2D eigenvalue weighted by molar-refractivity contribution is 7.84. The lowest BCUT2D eigenvalue weighted by Gasteiger charge is -2.41. The number of carbonyl (C=O) groups excluding carboxylic acids is 3. The number of hydrogen-bond donors (Lipinski definition) is 3. The quantitative estimate of drug-likeness (QED) is 0.142. The summed E-state index contributed by atoms with van der Waals surface area (Å²) in [6, 6.07) is 5.50. The zero-order valence-corrected chi connectivity index (χ0v) is 18.0. The highest BCUT2D eigenvalue weighted by Crippen LogP contribution is 2.25. The van der Waals surface area contributed by atoms with E-state index >= 15 is 0 Å². The lowest BCUT2D eigenvalue weighted by atomic mass is 9.98. The molecule has 1 fully saturated rings. The van der Waals surface area contributed by atoms with Crippen LogP contribution in [0.1, 0.15) is 11.3 Å². The molecule has 0 bridgehead atoms. The summed E-state index contributed by atoms with van der Waals surface area (Å²) in [5, 5.41) is 7.53. The minimum absolute atomic E-state index is 0.0148. The number of nitrogens with zero attached hydrogens (tertiary/aromatic N) is 3. The molecule has 2 aromatic rings. The number of nitrogens with one attached hydrogen (secondary N) is 1. The van der Waals surface area contributed by atoms with Crippen LogP contribution in [0.25, 0.3) is 0 Å². The van der Waals surface area contributed by atoms with Crippen LogP contribution in [-0.4, -0.2) is 64.9 Å². The smallest absolute Gasteiger partial charge is 0.363 e. The summed E-state index contributed by atoms with van der Waals surface area (Å²) in [6.07, 6.45) is 0. The third-order valence-corrected chi connectivity index (χ3v) is 5.82. The number of aromatic nitrogens is 1. The van der Waals surface area contributed by atoms with E-state index in [4.69, 9.17) is 10.6 Å². The summed E-state index contributed by atoms with van der Waals surface area (Å²) in [5.41, 5.74) is 6.04. The van der Waals surface area contributed by atoms with Gasteiger partial charge in [0.25, 0.3) is 11.8 Å². The molecule has 2 heterocycles. The topological polar surface area (TPSA) is 191 Å². The number of anilines is 1. The van der Waals surface area contributed by atoms with Crippen LogP contribution in [0.15, 0.2) is 40.9 Å². The fraction of sp³-hybridized carbons (Fsp3) is 0.235. The van der Waals surface area contributed by atoms with E-state index < -0.39 is 40.2 Å². The van der Waals surface area contributed by atoms with Crippen molar-refractivity contribution in [2.45, 2.75) is 18.7 Å². The van der Waals surface area contributed by atoms with Gasteiger partial charge < -0.3 is 20.6 Å². The number of methoxy groups -OCH3 is 1. The van der Waals surface area contributed by atoms with E-state index in [1.165, 1.54) is 5.38 Å². The Morgan fingerprint density at radius 2 is 2.03 bits per heavy atom. The van der Waals surface area contributed by atoms with Crippen LogP contribution in [0.3, 0.4) is 0 Å². The van der Waals surface area contributed by atoms with E-state index in [0.717, 1.165) is 24.0 Å². The third-order valence-electron chi connectivity index (χ3n) is 4.24. The molecule has 1 aliphatic rings. The van der Waals surface area contributed by atoms with E-state index in [-0.39, 0.29) is 27.4 Å². The molecule has 0 radical (unpaired) electrons. The molecule has 170 valence electrons. The van der Waals surface area contributed by atoms with Gasteiger partial charge in [-0.3, -0.25) is 14.1 Å². The van der Waals surface area contributed by atoms with Gasteiger partial charge in [0.1, 0.15) is 18.3 Å². The van der Waals surface area contributed by atoms with E-state index in [1.807, 2.05) is 6.07 Å². The summed E-state index contributed by atoms with van der Waals surface area (Å²) < 4.78 is 36.3. The average molecular weight is 483 g/mol. The molecule has 0 unspecified atom stereocenters. The normalized spacial score (nSPS) is 18.6. The van der Waals surface area contributed by atoms with Gasteiger partial charge in [-0.1, -0.05) is 35.5 Å². The molecule has 4 N–H and O–H groups in total. The molecular formula is C17H17N5O8S2. The van der Waals surface area contributed by atoms with Gasteiger partial charge in [0, 0.05) is 5.38 Å². The number of benzene rings is 1. The number of amides is 2. The Hall–Kier alpha value is -3.56. The molecule has 3 rings (SSSR count). The number of ether oxygens (including phenoxy) is 1. The van der Waals surface area contributed by atoms with Crippen molar-refractivity contribution in [3.8, 4) is 0 Å². The number of thiazole rings is 1. The van der Waals surface area contributed by atoms with Crippen molar-refractivity contribution < 1.29 is 36.9 Å². The summed E-state index contributed by atoms with van der Waals surface area (Å²) in [5.74, 6) is -3.39. The van der Waals surface area contributed by atoms with Gasteiger partial charge in [0.2, 0.25) is 0 Å². The minimum Gasteiger partial charge on any atom is -0.467 e. The Bertz CT molecular complexity index is 1160. The van der Waals surface area contributed by atoms with Crippen LogP contribution in [-0.2, 0) is 40.9 Å². The SMILES string of the molecule is COC(=O)[C@H]1[C@@H](NC(=O)/C(=N\OCc2ccccc2)c2csc(N)n2)C(=O)N1S(=O)(=O)O. The van der Waals surface area contributed by atoms with Gasteiger partial charge >= 0.3 is 16.3 Å². The number of nitrogens with two attached hydrogens (primary N) is 1. The van der Waals surface area contributed by atoms with Crippen LogP contribution < -0.4 is 11.1 Å². The molecule has 0 spiro atoms. The first-order valence-electron chi connectivity index (χ1n) is 8.78. The molecule has 2 atom stereocenters. The summed E-state index contributed by atoms with van der Waals surface area (Å²) in [6.45, 7) is 0.0148. The van der Waals surface area contributed by atoms with Crippen molar-refractivity contribution in [1.29, 1.82) is 0 Å². The predicted molar refractivity (Wildman–Crippen MR) is 110 cm³/mol. The van der Waals surface area contributed by atoms with Crippen molar-refractivity contribution >= 4 is 50.3 Å². The number of esters is 1. The van der Waals surface area contributed by atoms with E-state index in [1.54, 1.807) is 24.3 Å². The van der Waals surface area contributed by atoms with E-state index in [9.17, 15) is 27.4 Å².